The van der Waals surface area contributed by atoms with Crippen molar-refractivity contribution in [2.45, 2.75) is 26.6 Å². The van der Waals surface area contributed by atoms with Gasteiger partial charge in [0.05, 0.1) is 13.2 Å². The molecule has 1 N–H and O–H groups in total. The Morgan fingerprint density at radius 2 is 1.79 bits per heavy atom. The summed E-state index contributed by atoms with van der Waals surface area (Å²) in [6.45, 7) is 5.73. The van der Waals surface area contributed by atoms with Crippen molar-refractivity contribution >= 4 is 13.2 Å². The standard InChI is InChI=1S/C14H21O4P/c1-4-17-19(16,18-5-2)14(15)11-12(3)13-9-7-6-8-10-13/h6-11,14-15H,4-5H2,1-3H3/b12-11+. The molecule has 1 aromatic rings. The van der Waals surface area contributed by atoms with Crippen LogP contribution < -0.4 is 0 Å². The van der Waals surface area contributed by atoms with Crippen LogP contribution in [0.1, 0.15) is 26.3 Å². The topological polar surface area (TPSA) is 55.8 Å². The first-order valence-corrected chi connectivity index (χ1v) is 7.95. The maximum atomic E-state index is 12.3. The number of hydrogen-bond donors (Lipinski definition) is 1. The van der Waals surface area contributed by atoms with E-state index in [4.69, 9.17) is 9.05 Å². The molecule has 1 atom stereocenters. The third-order valence-corrected chi connectivity index (χ3v) is 4.60. The molecular weight excluding hydrogens is 263 g/mol. The van der Waals surface area contributed by atoms with E-state index >= 15 is 0 Å². The lowest BCUT2D eigenvalue weighted by Crippen LogP contribution is -2.10. The second-order valence-electron chi connectivity index (χ2n) is 4.00. The van der Waals surface area contributed by atoms with E-state index in [1.165, 1.54) is 6.08 Å². The van der Waals surface area contributed by atoms with Crippen molar-refractivity contribution in [2.24, 2.45) is 0 Å². The maximum Gasteiger partial charge on any atom is 0.362 e. The smallest absolute Gasteiger partial charge is 0.362 e. The van der Waals surface area contributed by atoms with E-state index in [0.29, 0.717) is 0 Å². The molecule has 1 unspecified atom stereocenters. The molecule has 0 fully saturated rings. The number of aliphatic hydroxyl groups is 1. The lowest BCUT2D eigenvalue weighted by Gasteiger charge is -2.20. The fraction of sp³-hybridized carbons (Fsp3) is 0.429. The number of rotatable bonds is 7. The Hall–Kier alpha value is -0.930. The van der Waals surface area contributed by atoms with Crippen molar-refractivity contribution in [2.75, 3.05) is 13.2 Å². The molecule has 0 saturated heterocycles. The van der Waals surface area contributed by atoms with Gasteiger partial charge in [0, 0.05) is 0 Å². The minimum atomic E-state index is -3.51. The SMILES string of the molecule is CCOP(=O)(OCC)C(O)/C=C(\C)c1ccccc1. The predicted molar refractivity (Wildman–Crippen MR) is 77.0 cm³/mol. The summed E-state index contributed by atoms with van der Waals surface area (Å²) in [4.78, 5) is 0. The molecule has 0 aromatic heterocycles. The van der Waals surface area contributed by atoms with Crippen LogP contribution in [0.3, 0.4) is 0 Å². The Balaban J connectivity index is 2.92. The van der Waals surface area contributed by atoms with Gasteiger partial charge in [0.2, 0.25) is 0 Å². The second-order valence-corrected chi connectivity index (χ2v) is 6.13. The van der Waals surface area contributed by atoms with E-state index in [9.17, 15) is 9.67 Å². The Labute approximate surface area is 114 Å². The van der Waals surface area contributed by atoms with Gasteiger partial charge in [0.15, 0.2) is 5.85 Å². The van der Waals surface area contributed by atoms with Crippen molar-refractivity contribution in [3.05, 3.63) is 42.0 Å². The van der Waals surface area contributed by atoms with Crippen LogP contribution in [0.15, 0.2) is 36.4 Å². The van der Waals surface area contributed by atoms with Crippen molar-refractivity contribution < 1.29 is 18.7 Å². The Morgan fingerprint density at radius 1 is 1.26 bits per heavy atom. The molecule has 0 amide bonds. The summed E-state index contributed by atoms with van der Waals surface area (Å²) in [7, 11) is -3.51. The molecule has 1 aromatic carbocycles. The minimum absolute atomic E-state index is 0.229. The van der Waals surface area contributed by atoms with E-state index in [1.807, 2.05) is 37.3 Å². The number of aliphatic hydroxyl groups excluding tert-OH is 1. The highest BCUT2D eigenvalue weighted by atomic mass is 31.2. The van der Waals surface area contributed by atoms with E-state index in [-0.39, 0.29) is 13.2 Å². The average Bonchev–Trinajstić information content (AvgIpc) is 2.40. The lowest BCUT2D eigenvalue weighted by atomic mass is 10.1. The summed E-state index contributed by atoms with van der Waals surface area (Å²) in [6, 6.07) is 9.57. The van der Waals surface area contributed by atoms with Gasteiger partial charge in [0.25, 0.3) is 0 Å². The second kappa shape index (κ2) is 7.61. The summed E-state index contributed by atoms with van der Waals surface area (Å²) < 4.78 is 22.6. The van der Waals surface area contributed by atoms with Gasteiger partial charge in [-0.15, -0.1) is 0 Å². The molecule has 4 nitrogen and oxygen atoms in total. The summed E-state index contributed by atoms with van der Waals surface area (Å²) in [5.41, 5.74) is 1.79. The molecule has 19 heavy (non-hydrogen) atoms. The monoisotopic (exact) mass is 284 g/mol. The molecule has 0 spiro atoms. The normalized spacial score (nSPS) is 14.4. The van der Waals surface area contributed by atoms with Gasteiger partial charge in [-0.05, 0) is 38.0 Å². The lowest BCUT2D eigenvalue weighted by molar-refractivity contribution is 0.169. The minimum Gasteiger partial charge on any atom is -0.377 e. The molecule has 0 bridgehead atoms. The average molecular weight is 284 g/mol. The third-order valence-electron chi connectivity index (χ3n) is 2.57. The van der Waals surface area contributed by atoms with E-state index in [1.54, 1.807) is 13.8 Å². The fourth-order valence-electron chi connectivity index (χ4n) is 1.66. The van der Waals surface area contributed by atoms with Crippen LogP contribution in [0, 0.1) is 0 Å². The van der Waals surface area contributed by atoms with E-state index in [2.05, 4.69) is 0 Å². The van der Waals surface area contributed by atoms with Gasteiger partial charge >= 0.3 is 7.60 Å². The number of hydrogen-bond acceptors (Lipinski definition) is 4. The number of benzene rings is 1. The summed E-state index contributed by atoms with van der Waals surface area (Å²) >= 11 is 0. The first kappa shape index (κ1) is 16.1. The zero-order valence-corrected chi connectivity index (χ0v) is 12.5. The molecular formula is C14H21O4P. The van der Waals surface area contributed by atoms with Crippen LogP contribution in [-0.4, -0.2) is 24.2 Å². The van der Waals surface area contributed by atoms with Gasteiger partial charge < -0.3 is 14.2 Å². The molecule has 1 rings (SSSR count). The largest absolute Gasteiger partial charge is 0.377 e. The Bertz CT molecular complexity index is 446. The highest BCUT2D eigenvalue weighted by Crippen LogP contribution is 2.52. The van der Waals surface area contributed by atoms with Crippen LogP contribution in [-0.2, 0) is 13.6 Å². The molecule has 0 radical (unpaired) electrons. The van der Waals surface area contributed by atoms with Gasteiger partial charge in [-0.25, -0.2) is 0 Å². The Morgan fingerprint density at radius 3 is 2.26 bits per heavy atom. The molecule has 0 aliphatic heterocycles. The quantitative estimate of drug-likeness (QED) is 0.776. The maximum absolute atomic E-state index is 12.3. The molecule has 0 aliphatic carbocycles. The van der Waals surface area contributed by atoms with E-state index in [0.717, 1.165) is 11.1 Å². The molecule has 5 heteroatoms. The van der Waals surface area contributed by atoms with E-state index < -0.39 is 13.4 Å². The molecule has 0 saturated carbocycles. The summed E-state index contributed by atoms with van der Waals surface area (Å²) in [5, 5.41) is 10.1. The van der Waals surface area contributed by atoms with Crippen LogP contribution in [0.5, 0.6) is 0 Å². The zero-order chi connectivity index (χ0) is 14.3. The van der Waals surface area contributed by atoms with Crippen molar-refractivity contribution in [1.29, 1.82) is 0 Å². The van der Waals surface area contributed by atoms with Crippen molar-refractivity contribution in [3.63, 3.8) is 0 Å². The summed E-state index contributed by atoms with van der Waals surface area (Å²) in [6.07, 6.45) is 1.52. The third kappa shape index (κ3) is 4.59. The van der Waals surface area contributed by atoms with Crippen LogP contribution in [0.2, 0.25) is 0 Å². The first-order valence-electron chi connectivity index (χ1n) is 6.34. The predicted octanol–water partition coefficient (Wildman–Crippen LogP) is 3.67. The number of allylic oxidation sites excluding steroid dienone is 1. The van der Waals surface area contributed by atoms with Gasteiger partial charge in [-0.3, -0.25) is 4.57 Å². The van der Waals surface area contributed by atoms with Gasteiger partial charge in [0.1, 0.15) is 0 Å². The highest BCUT2D eigenvalue weighted by molar-refractivity contribution is 7.54. The zero-order valence-electron chi connectivity index (χ0n) is 11.6. The Kier molecular flexibility index (Phi) is 6.46. The van der Waals surface area contributed by atoms with Gasteiger partial charge in [-0.1, -0.05) is 30.3 Å². The van der Waals surface area contributed by atoms with Crippen molar-refractivity contribution in [3.8, 4) is 0 Å². The van der Waals surface area contributed by atoms with Crippen molar-refractivity contribution in [1.82, 2.24) is 0 Å². The van der Waals surface area contributed by atoms with Crippen LogP contribution >= 0.6 is 7.60 Å². The van der Waals surface area contributed by atoms with Gasteiger partial charge in [-0.2, -0.15) is 0 Å². The molecule has 0 heterocycles. The molecule has 0 aliphatic rings. The summed E-state index contributed by atoms with van der Waals surface area (Å²) in [5.74, 6) is -1.26. The molecule has 106 valence electrons. The fourth-order valence-corrected chi connectivity index (χ4v) is 3.17. The highest BCUT2D eigenvalue weighted by Gasteiger charge is 2.32. The first-order chi connectivity index (χ1) is 9.03. The van der Waals surface area contributed by atoms with Crippen LogP contribution in [0.4, 0.5) is 0 Å². The van der Waals surface area contributed by atoms with Crippen LogP contribution in [0.25, 0.3) is 5.57 Å².